The van der Waals surface area contributed by atoms with Gasteiger partial charge in [0.2, 0.25) is 0 Å². The lowest BCUT2D eigenvalue weighted by Gasteiger charge is -2.25. The van der Waals surface area contributed by atoms with E-state index >= 15 is 0 Å². The number of halogens is 3. The van der Waals surface area contributed by atoms with E-state index in [1.165, 1.54) is 11.8 Å². The second-order valence-corrected chi connectivity index (χ2v) is 8.03. The van der Waals surface area contributed by atoms with Crippen LogP contribution in [0.5, 0.6) is 0 Å². The molecule has 1 heterocycles. The zero-order valence-corrected chi connectivity index (χ0v) is 16.1. The second-order valence-electron chi connectivity index (χ2n) is 7.04. The Labute approximate surface area is 164 Å². The van der Waals surface area contributed by atoms with Gasteiger partial charge in [-0.1, -0.05) is 0 Å². The number of rotatable bonds is 7. The molecule has 152 valence electrons. The molecule has 0 radical (unpaired) electrons. The van der Waals surface area contributed by atoms with Crippen molar-refractivity contribution >= 4 is 29.1 Å². The van der Waals surface area contributed by atoms with Gasteiger partial charge in [-0.25, -0.2) is 4.98 Å². The molecule has 2 aliphatic rings. The Bertz CT molecular complexity index is 774. The molecule has 5 nitrogen and oxygen atoms in total. The third-order valence-electron chi connectivity index (χ3n) is 5.27. The molecule has 2 fully saturated rings. The maximum atomic E-state index is 13.0. The van der Waals surface area contributed by atoms with Gasteiger partial charge in [-0.2, -0.15) is 24.9 Å². The van der Waals surface area contributed by atoms with Crippen molar-refractivity contribution in [2.75, 3.05) is 18.6 Å². The first-order chi connectivity index (χ1) is 13.2. The normalized spacial score (nSPS) is 24.6. The number of alkyl halides is 3. The van der Waals surface area contributed by atoms with Gasteiger partial charge < -0.3 is 4.74 Å². The van der Waals surface area contributed by atoms with Crippen LogP contribution in [-0.4, -0.2) is 40.9 Å². The van der Waals surface area contributed by atoms with Crippen LogP contribution in [0.2, 0.25) is 0 Å². The summed E-state index contributed by atoms with van der Waals surface area (Å²) in [5.41, 5.74) is -1.49. The van der Waals surface area contributed by atoms with Crippen LogP contribution in [0.15, 0.2) is 12.1 Å². The van der Waals surface area contributed by atoms with Crippen molar-refractivity contribution in [2.24, 2.45) is 17.8 Å². The lowest BCUT2D eigenvalue weighted by molar-refractivity contribution is -0.141. The number of carbonyl (C=O) groups excluding carboxylic acids is 3. The number of nitrogens with zero attached hydrogens (tertiary/aromatic N) is 1. The number of ether oxygens (including phenoxy) is 1. The van der Waals surface area contributed by atoms with Crippen molar-refractivity contribution in [3.63, 3.8) is 0 Å². The highest BCUT2D eigenvalue weighted by Gasteiger charge is 2.50. The fourth-order valence-corrected chi connectivity index (χ4v) is 4.11. The lowest BCUT2D eigenvalue weighted by atomic mass is 9.75. The summed E-state index contributed by atoms with van der Waals surface area (Å²) >= 11 is 1.50. The van der Waals surface area contributed by atoms with Crippen molar-refractivity contribution in [2.45, 2.75) is 32.0 Å². The Morgan fingerprint density at radius 2 is 1.86 bits per heavy atom. The number of thioether (sulfide) groups is 1. The minimum Gasteiger partial charge on any atom is -0.374 e. The largest absolute Gasteiger partial charge is 0.433 e. The summed E-state index contributed by atoms with van der Waals surface area (Å²) in [7, 11) is 0. The molecule has 0 aliphatic heterocycles. The van der Waals surface area contributed by atoms with Crippen LogP contribution in [0, 0.1) is 17.8 Å². The van der Waals surface area contributed by atoms with Gasteiger partial charge in [-0.05, 0) is 37.7 Å². The SMILES string of the molecule is CSCCOCc1nc(C(F)(F)F)ccc1C(=O)C1C(=O)C2CCC(C2)C1=O. The third kappa shape index (κ3) is 4.15. The Kier molecular flexibility index (Phi) is 6.24. The molecule has 3 rings (SSSR count). The highest BCUT2D eigenvalue weighted by Crippen LogP contribution is 2.41. The molecule has 1 aromatic rings. The third-order valence-corrected chi connectivity index (χ3v) is 5.84. The summed E-state index contributed by atoms with van der Waals surface area (Å²) in [5.74, 6) is -3.05. The molecule has 0 amide bonds. The van der Waals surface area contributed by atoms with Crippen LogP contribution in [0.25, 0.3) is 0 Å². The smallest absolute Gasteiger partial charge is 0.374 e. The topological polar surface area (TPSA) is 73.3 Å². The summed E-state index contributed by atoms with van der Waals surface area (Å²) < 4.78 is 44.4. The molecule has 0 saturated heterocycles. The summed E-state index contributed by atoms with van der Waals surface area (Å²) in [6, 6.07) is 1.70. The van der Waals surface area contributed by atoms with E-state index in [-0.39, 0.29) is 36.3 Å². The summed E-state index contributed by atoms with van der Waals surface area (Å²) in [6.07, 6.45) is -1.19. The van der Waals surface area contributed by atoms with E-state index in [0.29, 0.717) is 31.1 Å². The minimum absolute atomic E-state index is 0.148. The van der Waals surface area contributed by atoms with Crippen LogP contribution < -0.4 is 0 Å². The van der Waals surface area contributed by atoms with E-state index in [0.717, 1.165) is 6.07 Å². The number of Topliss-reactive ketones (excluding diaryl/α,β-unsaturated/α-hetero) is 3. The number of carbonyl (C=O) groups is 3. The predicted octanol–water partition coefficient (Wildman–Crippen LogP) is 3.35. The fourth-order valence-electron chi connectivity index (χ4n) is 3.83. The molecule has 28 heavy (non-hydrogen) atoms. The average molecular weight is 415 g/mol. The molecule has 1 aromatic heterocycles. The number of pyridine rings is 1. The van der Waals surface area contributed by atoms with Crippen LogP contribution in [-0.2, 0) is 27.1 Å². The molecule has 2 saturated carbocycles. The van der Waals surface area contributed by atoms with Gasteiger partial charge in [0.25, 0.3) is 0 Å². The zero-order valence-electron chi connectivity index (χ0n) is 15.3. The maximum absolute atomic E-state index is 13.0. The van der Waals surface area contributed by atoms with E-state index in [4.69, 9.17) is 4.74 Å². The highest BCUT2D eigenvalue weighted by atomic mass is 32.2. The van der Waals surface area contributed by atoms with Gasteiger partial charge in [0.1, 0.15) is 11.6 Å². The van der Waals surface area contributed by atoms with Crippen molar-refractivity contribution in [3.8, 4) is 0 Å². The van der Waals surface area contributed by atoms with Gasteiger partial charge in [-0.15, -0.1) is 0 Å². The first-order valence-corrected chi connectivity index (χ1v) is 10.4. The Morgan fingerprint density at radius 3 is 2.43 bits per heavy atom. The Morgan fingerprint density at radius 1 is 1.21 bits per heavy atom. The molecule has 2 bridgehead atoms. The molecule has 9 heteroatoms. The Hall–Kier alpha value is -1.74. The van der Waals surface area contributed by atoms with E-state index < -0.39 is 35.1 Å². The molecule has 0 aromatic carbocycles. The predicted molar refractivity (Wildman–Crippen MR) is 95.9 cm³/mol. The van der Waals surface area contributed by atoms with Crippen molar-refractivity contribution in [3.05, 3.63) is 29.1 Å². The Balaban J connectivity index is 1.91. The van der Waals surface area contributed by atoms with Gasteiger partial charge in [-0.3, -0.25) is 14.4 Å². The first-order valence-electron chi connectivity index (χ1n) is 8.99. The molecule has 0 N–H and O–H groups in total. The van der Waals surface area contributed by atoms with Crippen LogP contribution in [0.1, 0.15) is 41.0 Å². The van der Waals surface area contributed by atoms with Crippen LogP contribution in [0.3, 0.4) is 0 Å². The van der Waals surface area contributed by atoms with Crippen molar-refractivity contribution < 1.29 is 32.3 Å². The number of hydrogen-bond donors (Lipinski definition) is 0. The van der Waals surface area contributed by atoms with E-state index in [2.05, 4.69) is 4.98 Å². The maximum Gasteiger partial charge on any atom is 0.433 e. The molecule has 2 unspecified atom stereocenters. The fraction of sp³-hybridized carbons (Fsp3) is 0.579. The van der Waals surface area contributed by atoms with E-state index in [1.807, 2.05) is 6.26 Å². The van der Waals surface area contributed by atoms with E-state index in [1.54, 1.807) is 0 Å². The van der Waals surface area contributed by atoms with Crippen molar-refractivity contribution in [1.82, 2.24) is 4.98 Å². The minimum atomic E-state index is -4.68. The molecular formula is C19H20F3NO4S. The average Bonchev–Trinajstić information content (AvgIpc) is 3.10. The summed E-state index contributed by atoms with van der Waals surface area (Å²) in [6.45, 7) is -0.0222. The molecule has 2 aliphatic carbocycles. The number of hydrogen-bond acceptors (Lipinski definition) is 6. The van der Waals surface area contributed by atoms with Gasteiger partial charge in [0, 0.05) is 23.2 Å². The number of fused-ring (bicyclic) bond motifs is 2. The van der Waals surface area contributed by atoms with Gasteiger partial charge in [0.05, 0.1) is 18.9 Å². The van der Waals surface area contributed by atoms with Crippen molar-refractivity contribution in [1.29, 1.82) is 0 Å². The summed E-state index contributed by atoms with van der Waals surface area (Å²) in [4.78, 5) is 41.7. The lowest BCUT2D eigenvalue weighted by Crippen LogP contribution is -2.42. The molecular weight excluding hydrogens is 395 g/mol. The number of ketones is 3. The van der Waals surface area contributed by atoms with E-state index in [9.17, 15) is 27.6 Å². The van der Waals surface area contributed by atoms with Gasteiger partial charge >= 0.3 is 6.18 Å². The number of aromatic nitrogens is 1. The van der Waals surface area contributed by atoms with Crippen LogP contribution >= 0.6 is 11.8 Å². The molecule has 0 spiro atoms. The first kappa shape index (κ1) is 21.0. The second kappa shape index (κ2) is 8.32. The van der Waals surface area contributed by atoms with Crippen LogP contribution in [0.4, 0.5) is 13.2 Å². The standard InChI is InChI=1S/C19H20F3NO4S/c1-28-7-6-27-9-13-12(4-5-14(23-13)19(20,21)22)18(26)15-16(24)10-2-3-11(8-10)17(15)25/h4-5,10-11,15H,2-3,6-9H2,1H3. The quantitative estimate of drug-likeness (QED) is 0.386. The zero-order chi connectivity index (χ0) is 20.5. The van der Waals surface area contributed by atoms with Gasteiger partial charge in [0.15, 0.2) is 17.3 Å². The monoisotopic (exact) mass is 415 g/mol. The molecule has 2 atom stereocenters. The summed E-state index contributed by atoms with van der Waals surface area (Å²) in [5, 5.41) is 0. The highest BCUT2D eigenvalue weighted by molar-refractivity contribution is 7.98.